The minimum absolute atomic E-state index is 0.00775. The number of aryl methyl sites for hydroxylation is 1. The molecule has 1 unspecified atom stereocenters. The third-order valence-corrected chi connectivity index (χ3v) is 9.58. The first-order valence-corrected chi connectivity index (χ1v) is 16.2. The van der Waals surface area contributed by atoms with Crippen molar-refractivity contribution in [3.63, 3.8) is 0 Å². The number of amides is 1. The first kappa shape index (κ1) is 31.2. The van der Waals surface area contributed by atoms with Crippen LogP contribution >= 0.6 is 11.3 Å². The van der Waals surface area contributed by atoms with E-state index in [1.165, 1.54) is 6.07 Å². The van der Waals surface area contributed by atoms with E-state index < -0.39 is 6.10 Å². The number of hydrogen-bond acceptors (Lipinski definition) is 10. The zero-order valence-electron chi connectivity index (χ0n) is 25.4. The highest BCUT2D eigenvalue weighted by Gasteiger charge is 2.40. The Labute approximate surface area is 265 Å². The Hall–Kier alpha value is -3.75. The van der Waals surface area contributed by atoms with Gasteiger partial charge in [0.2, 0.25) is 5.91 Å². The molecule has 1 spiro atoms. The molecular formula is C32H40N6O6S. The molecule has 0 radical (unpaired) electrons. The summed E-state index contributed by atoms with van der Waals surface area (Å²) in [4.78, 5) is 31.3. The first-order valence-electron chi connectivity index (χ1n) is 15.4. The number of thiazole rings is 1. The van der Waals surface area contributed by atoms with Gasteiger partial charge < -0.3 is 34.9 Å². The molecule has 0 bridgehead atoms. The van der Waals surface area contributed by atoms with E-state index in [1.54, 1.807) is 10.7 Å². The number of hydrogen-bond donors (Lipinski definition) is 4. The fraction of sp³-hybridized carbons (Fsp3) is 0.469. The van der Waals surface area contributed by atoms with Crippen LogP contribution in [0.25, 0.3) is 10.2 Å². The van der Waals surface area contributed by atoms with E-state index in [2.05, 4.69) is 20.3 Å². The SMILES string of the molecule is Cc1ccn(CC(=O)N2CCOC3(CCN(CCOc4ccc(CNCC(O)c5ccc(O)c6[nH]c(=O)sc56)cc4)CC3)C2)n1. The van der Waals surface area contributed by atoms with Crippen LogP contribution in [-0.2, 0) is 22.6 Å². The summed E-state index contributed by atoms with van der Waals surface area (Å²) in [6, 6.07) is 12.9. The lowest BCUT2D eigenvalue weighted by Gasteiger charge is -2.47. The van der Waals surface area contributed by atoms with Crippen molar-refractivity contribution in [3.05, 3.63) is 75.1 Å². The largest absolute Gasteiger partial charge is 0.506 e. The molecule has 1 atom stereocenters. The Kier molecular flexibility index (Phi) is 9.52. The number of ether oxygens (including phenoxy) is 2. The van der Waals surface area contributed by atoms with E-state index in [0.29, 0.717) is 55.2 Å². The minimum Gasteiger partial charge on any atom is -0.506 e. The van der Waals surface area contributed by atoms with Crippen LogP contribution in [0.2, 0.25) is 0 Å². The number of aliphatic hydroxyl groups is 1. The van der Waals surface area contributed by atoms with Crippen LogP contribution in [0, 0.1) is 6.92 Å². The zero-order chi connectivity index (χ0) is 31.4. The van der Waals surface area contributed by atoms with Crippen LogP contribution in [-0.4, -0.2) is 98.8 Å². The van der Waals surface area contributed by atoms with Gasteiger partial charge >= 0.3 is 4.87 Å². The van der Waals surface area contributed by atoms with Crippen LogP contribution in [0.1, 0.15) is 35.8 Å². The van der Waals surface area contributed by atoms with Gasteiger partial charge in [0.25, 0.3) is 0 Å². The number of nitrogens with zero attached hydrogens (tertiary/aromatic N) is 4. The molecule has 1 amide bonds. The van der Waals surface area contributed by atoms with Gasteiger partial charge in [-0.25, -0.2) is 0 Å². The van der Waals surface area contributed by atoms with E-state index in [1.807, 2.05) is 48.4 Å². The molecule has 6 rings (SSSR count). The van der Waals surface area contributed by atoms with Gasteiger partial charge in [0, 0.05) is 57.6 Å². The van der Waals surface area contributed by atoms with Crippen LogP contribution in [0.4, 0.5) is 0 Å². The van der Waals surface area contributed by atoms with Crippen molar-refractivity contribution in [2.24, 2.45) is 0 Å². The summed E-state index contributed by atoms with van der Waals surface area (Å²) in [5.74, 6) is 0.883. The van der Waals surface area contributed by atoms with Gasteiger partial charge in [-0.1, -0.05) is 29.5 Å². The van der Waals surface area contributed by atoms with Gasteiger partial charge in [-0.15, -0.1) is 0 Å². The van der Waals surface area contributed by atoms with Crippen molar-refractivity contribution in [2.75, 3.05) is 52.5 Å². The highest BCUT2D eigenvalue weighted by Crippen LogP contribution is 2.32. The number of carbonyl (C=O) groups excluding carboxylic acids is 1. The number of phenolic OH excluding ortho intramolecular Hbond substituents is 1. The monoisotopic (exact) mass is 636 g/mol. The number of aromatic nitrogens is 3. The first-order chi connectivity index (χ1) is 21.8. The number of morpholine rings is 1. The lowest BCUT2D eigenvalue weighted by atomic mass is 9.89. The fourth-order valence-corrected chi connectivity index (χ4v) is 7.01. The topological polar surface area (TPSA) is 145 Å². The summed E-state index contributed by atoms with van der Waals surface area (Å²) in [5, 5.41) is 28.3. The standard InChI is InChI=1S/C32H40N6O6S/c1-22-8-11-38(35-22)20-28(41)37-15-17-44-32(21-37)9-12-36(13-10-32)14-16-43-24-4-2-23(3-5-24)18-33-19-27(40)25-6-7-26(39)29-30(25)45-31(42)34-29/h2-8,11,27,33,39-40H,9-10,12-21H2,1H3,(H,34,42). The Morgan fingerprint density at radius 2 is 1.98 bits per heavy atom. The molecule has 240 valence electrons. The summed E-state index contributed by atoms with van der Waals surface area (Å²) in [5.41, 5.74) is 2.65. The molecule has 2 saturated heterocycles. The summed E-state index contributed by atoms with van der Waals surface area (Å²) in [6.45, 7) is 8.07. The van der Waals surface area contributed by atoms with Gasteiger partial charge in [0.15, 0.2) is 0 Å². The fourth-order valence-electron chi connectivity index (χ4n) is 6.10. The Bertz CT molecular complexity index is 1660. The van der Waals surface area contributed by atoms with E-state index in [0.717, 1.165) is 60.8 Å². The number of rotatable bonds is 11. The molecule has 2 fully saturated rings. The Morgan fingerprint density at radius 1 is 1.18 bits per heavy atom. The van der Waals surface area contributed by atoms with Crippen molar-refractivity contribution < 1.29 is 24.5 Å². The Balaban J connectivity index is 0.899. The van der Waals surface area contributed by atoms with Gasteiger partial charge in [0.1, 0.15) is 30.2 Å². The number of phenols is 1. The lowest BCUT2D eigenvalue weighted by molar-refractivity contribution is -0.160. The maximum Gasteiger partial charge on any atom is 0.305 e. The van der Waals surface area contributed by atoms with Gasteiger partial charge in [-0.05, 0) is 49.6 Å². The number of aliphatic hydroxyl groups excluding tert-OH is 1. The summed E-state index contributed by atoms with van der Waals surface area (Å²) >= 11 is 0.978. The molecule has 12 nitrogen and oxygen atoms in total. The molecule has 4 heterocycles. The predicted octanol–water partition coefficient (Wildman–Crippen LogP) is 2.40. The molecule has 2 aliphatic heterocycles. The maximum atomic E-state index is 12.9. The summed E-state index contributed by atoms with van der Waals surface area (Å²) < 4.78 is 14.5. The second-order valence-corrected chi connectivity index (χ2v) is 12.9. The molecular weight excluding hydrogens is 596 g/mol. The molecule has 0 saturated carbocycles. The summed E-state index contributed by atoms with van der Waals surface area (Å²) in [7, 11) is 0. The van der Waals surface area contributed by atoms with Crippen LogP contribution < -0.4 is 14.9 Å². The normalized spacial score (nSPS) is 17.6. The van der Waals surface area contributed by atoms with Gasteiger partial charge in [-0.2, -0.15) is 5.10 Å². The van der Waals surface area contributed by atoms with E-state index in [9.17, 15) is 19.8 Å². The van der Waals surface area contributed by atoms with Gasteiger partial charge in [0.05, 0.1) is 28.7 Å². The number of benzene rings is 2. The Morgan fingerprint density at radius 3 is 2.73 bits per heavy atom. The highest BCUT2D eigenvalue weighted by molar-refractivity contribution is 7.16. The summed E-state index contributed by atoms with van der Waals surface area (Å²) in [6.07, 6.45) is 2.79. The van der Waals surface area contributed by atoms with E-state index in [4.69, 9.17) is 9.47 Å². The molecule has 2 aromatic heterocycles. The van der Waals surface area contributed by atoms with Crippen molar-refractivity contribution in [1.29, 1.82) is 0 Å². The van der Waals surface area contributed by atoms with Crippen molar-refractivity contribution in [2.45, 2.75) is 44.6 Å². The average Bonchev–Trinajstić information content (AvgIpc) is 3.64. The lowest BCUT2D eigenvalue weighted by Crippen LogP contribution is -2.58. The third-order valence-electron chi connectivity index (χ3n) is 8.65. The quantitative estimate of drug-likeness (QED) is 0.195. The third kappa shape index (κ3) is 7.56. The number of likely N-dealkylation sites (tertiary alicyclic amines) is 1. The van der Waals surface area contributed by atoms with Crippen molar-refractivity contribution in [1.82, 2.24) is 29.9 Å². The van der Waals surface area contributed by atoms with E-state index in [-0.39, 0.29) is 28.7 Å². The molecule has 13 heteroatoms. The zero-order valence-corrected chi connectivity index (χ0v) is 26.2. The number of aromatic hydroxyl groups is 1. The molecule has 0 aliphatic carbocycles. The number of nitrogens with one attached hydrogen (secondary N) is 2. The molecule has 2 aliphatic rings. The number of aromatic amines is 1. The smallest absolute Gasteiger partial charge is 0.305 e. The van der Waals surface area contributed by atoms with Crippen molar-refractivity contribution in [3.8, 4) is 11.5 Å². The number of H-pyrrole nitrogens is 1. The number of fused-ring (bicyclic) bond motifs is 1. The average molecular weight is 637 g/mol. The molecule has 4 aromatic rings. The second-order valence-electron chi connectivity index (χ2n) is 11.9. The minimum atomic E-state index is -0.824. The van der Waals surface area contributed by atoms with E-state index >= 15 is 0 Å². The second kappa shape index (κ2) is 13.7. The van der Waals surface area contributed by atoms with Crippen LogP contribution in [0.15, 0.2) is 53.5 Å². The molecule has 4 N–H and O–H groups in total. The highest BCUT2D eigenvalue weighted by atomic mass is 32.1. The number of piperidine rings is 1. The molecule has 45 heavy (non-hydrogen) atoms. The van der Waals surface area contributed by atoms with Crippen LogP contribution in [0.5, 0.6) is 11.5 Å². The van der Waals surface area contributed by atoms with Crippen molar-refractivity contribution >= 4 is 27.5 Å². The maximum absolute atomic E-state index is 12.9. The predicted molar refractivity (Wildman–Crippen MR) is 171 cm³/mol. The molecule has 2 aromatic carbocycles. The van der Waals surface area contributed by atoms with Crippen LogP contribution in [0.3, 0.4) is 0 Å². The number of carbonyl (C=O) groups is 1. The van der Waals surface area contributed by atoms with Gasteiger partial charge in [-0.3, -0.25) is 19.2 Å².